The normalized spacial score (nSPS) is 11.3. The lowest BCUT2D eigenvalue weighted by Crippen LogP contribution is -2.25. The minimum absolute atomic E-state index is 0.178. The molecule has 0 saturated heterocycles. The predicted octanol–water partition coefficient (Wildman–Crippen LogP) is 3.97. The third-order valence-electron chi connectivity index (χ3n) is 2.48. The smallest absolute Gasteiger partial charge is 0.277 e. The zero-order valence-electron chi connectivity index (χ0n) is 11.1. The molecule has 1 N–H and O–H groups in total. The highest BCUT2D eigenvalue weighted by molar-refractivity contribution is 7.12. The highest BCUT2D eigenvalue weighted by Gasteiger charge is 2.06. The second-order valence-electron chi connectivity index (χ2n) is 4.07. The van der Waals surface area contributed by atoms with E-state index in [1.807, 2.05) is 24.4 Å². The predicted molar refractivity (Wildman–Crippen MR) is 86.6 cm³/mol. The number of halogens is 2. The molecule has 0 unspecified atom stereocenters. The monoisotopic (exact) mass is 342 g/mol. The number of benzene rings is 1. The maximum absolute atomic E-state index is 11.7. The summed E-state index contributed by atoms with van der Waals surface area (Å²) in [5.41, 5.74) is 3.17. The SMILES string of the molecule is CC(=NNC(=O)COc1ccc(Cl)cc1Cl)c1cccs1. The van der Waals surface area contributed by atoms with Gasteiger partial charge < -0.3 is 4.74 Å². The summed E-state index contributed by atoms with van der Waals surface area (Å²) in [5, 5.41) is 6.82. The van der Waals surface area contributed by atoms with Crippen molar-refractivity contribution in [2.45, 2.75) is 6.92 Å². The number of hydrogen-bond acceptors (Lipinski definition) is 4. The van der Waals surface area contributed by atoms with Crippen LogP contribution in [0.1, 0.15) is 11.8 Å². The van der Waals surface area contributed by atoms with Crippen LogP contribution in [0.2, 0.25) is 10.0 Å². The lowest BCUT2D eigenvalue weighted by Gasteiger charge is -2.07. The standard InChI is InChI=1S/C14H12Cl2N2O2S/c1-9(13-3-2-6-21-13)17-18-14(19)8-20-12-5-4-10(15)7-11(12)16/h2-7H,8H2,1H3,(H,18,19). The van der Waals surface area contributed by atoms with Gasteiger partial charge in [-0.25, -0.2) is 5.43 Å². The molecule has 7 heteroatoms. The molecule has 0 atom stereocenters. The number of rotatable bonds is 5. The van der Waals surface area contributed by atoms with Crippen LogP contribution in [0.15, 0.2) is 40.8 Å². The number of carbonyl (C=O) groups excluding carboxylic acids is 1. The van der Waals surface area contributed by atoms with Gasteiger partial charge in [-0.1, -0.05) is 29.3 Å². The van der Waals surface area contributed by atoms with Gasteiger partial charge in [-0.15, -0.1) is 11.3 Å². The molecular formula is C14H12Cl2N2O2S. The third kappa shape index (κ3) is 4.74. The molecule has 0 aliphatic rings. The first-order chi connectivity index (χ1) is 10.1. The van der Waals surface area contributed by atoms with Gasteiger partial charge in [-0.05, 0) is 36.6 Å². The summed E-state index contributed by atoms with van der Waals surface area (Å²) in [6.07, 6.45) is 0. The molecule has 110 valence electrons. The first kappa shape index (κ1) is 15.8. The van der Waals surface area contributed by atoms with Gasteiger partial charge >= 0.3 is 0 Å². The van der Waals surface area contributed by atoms with Crippen molar-refractivity contribution in [3.05, 3.63) is 50.6 Å². The fourth-order valence-corrected chi connectivity index (χ4v) is 2.59. The van der Waals surface area contributed by atoms with Crippen LogP contribution in [0.4, 0.5) is 0 Å². The summed E-state index contributed by atoms with van der Waals surface area (Å²) < 4.78 is 5.31. The lowest BCUT2D eigenvalue weighted by molar-refractivity contribution is -0.123. The van der Waals surface area contributed by atoms with Crippen LogP contribution in [0.3, 0.4) is 0 Å². The van der Waals surface area contributed by atoms with Gasteiger partial charge in [0.15, 0.2) is 6.61 Å². The summed E-state index contributed by atoms with van der Waals surface area (Å²) in [7, 11) is 0. The van der Waals surface area contributed by atoms with Gasteiger partial charge in [0.25, 0.3) is 5.91 Å². The number of amides is 1. The van der Waals surface area contributed by atoms with Crippen molar-refractivity contribution in [2.24, 2.45) is 5.10 Å². The number of ether oxygens (including phenoxy) is 1. The van der Waals surface area contributed by atoms with Crippen LogP contribution in [0, 0.1) is 0 Å². The summed E-state index contributed by atoms with van der Waals surface area (Å²) in [6.45, 7) is 1.64. The minimum atomic E-state index is -0.364. The molecule has 0 aliphatic heterocycles. The molecule has 21 heavy (non-hydrogen) atoms. The average molecular weight is 343 g/mol. The van der Waals surface area contributed by atoms with Crippen LogP contribution in [-0.4, -0.2) is 18.2 Å². The second kappa shape index (κ2) is 7.45. The van der Waals surface area contributed by atoms with Crippen molar-refractivity contribution in [1.29, 1.82) is 0 Å². The van der Waals surface area contributed by atoms with Gasteiger partial charge in [0.05, 0.1) is 10.7 Å². The molecule has 4 nitrogen and oxygen atoms in total. The first-order valence-electron chi connectivity index (χ1n) is 6.01. The first-order valence-corrected chi connectivity index (χ1v) is 7.64. The zero-order chi connectivity index (χ0) is 15.2. The maximum atomic E-state index is 11.7. The van der Waals surface area contributed by atoms with E-state index in [9.17, 15) is 4.79 Å². The third-order valence-corrected chi connectivity index (χ3v) is 3.99. The number of hydrazone groups is 1. The average Bonchev–Trinajstić information content (AvgIpc) is 2.98. The molecule has 0 radical (unpaired) electrons. The van der Waals surface area contributed by atoms with Gasteiger partial charge in [0.1, 0.15) is 5.75 Å². The Kier molecular flexibility index (Phi) is 5.61. The fraction of sp³-hybridized carbons (Fsp3) is 0.143. The van der Waals surface area contributed by atoms with E-state index in [4.69, 9.17) is 27.9 Å². The molecule has 0 fully saturated rings. The van der Waals surface area contributed by atoms with E-state index < -0.39 is 0 Å². The molecule has 0 aliphatic carbocycles. The molecule has 1 aromatic heterocycles. The molecule has 2 rings (SSSR count). The van der Waals surface area contributed by atoms with Crippen LogP contribution in [-0.2, 0) is 4.79 Å². The summed E-state index contributed by atoms with van der Waals surface area (Å²) in [5.74, 6) is 0.0343. The van der Waals surface area contributed by atoms with E-state index in [2.05, 4.69) is 10.5 Å². The van der Waals surface area contributed by atoms with Crippen LogP contribution in [0.5, 0.6) is 5.75 Å². The van der Waals surface area contributed by atoms with Crippen molar-refractivity contribution < 1.29 is 9.53 Å². The van der Waals surface area contributed by atoms with E-state index in [1.165, 1.54) is 0 Å². The second-order valence-corrected chi connectivity index (χ2v) is 5.86. The van der Waals surface area contributed by atoms with Gasteiger partial charge in [-0.3, -0.25) is 4.79 Å². The lowest BCUT2D eigenvalue weighted by atomic mass is 10.3. The quantitative estimate of drug-likeness (QED) is 0.660. The van der Waals surface area contributed by atoms with Gasteiger partial charge in [-0.2, -0.15) is 5.10 Å². The van der Waals surface area contributed by atoms with Crippen LogP contribution >= 0.6 is 34.5 Å². The van der Waals surface area contributed by atoms with E-state index >= 15 is 0 Å². The number of nitrogens with one attached hydrogen (secondary N) is 1. The highest BCUT2D eigenvalue weighted by atomic mass is 35.5. The number of nitrogens with zero attached hydrogens (tertiary/aromatic N) is 1. The van der Waals surface area contributed by atoms with Crippen LogP contribution < -0.4 is 10.2 Å². The van der Waals surface area contributed by atoms with Gasteiger partial charge in [0, 0.05) is 9.90 Å². The fourth-order valence-electron chi connectivity index (χ4n) is 1.45. The molecule has 0 bridgehead atoms. The Morgan fingerprint density at radius 1 is 1.38 bits per heavy atom. The Hall–Kier alpha value is -1.56. The topological polar surface area (TPSA) is 50.7 Å². The summed E-state index contributed by atoms with van der Waals surface area (Å²) in [4.78, 5) is 12.7. The Labute approximate surface area is 136 Å². The van der Waals surface area contributed by atoms with E-state index in [0.717, 1.165) is 10.6 Å². The van der Waals surface area contributed by atoms with Crippen molar-refractivity contribution in [3.8, 4) is 5.75 Å². The van der Waals surface area contributed by atoms with E-state index in [-0.39, 0.29) is 12.5 Å². The number of hydrogen-bond donors (Lipinski definition) is 1. The van der Waals surface area contributed by atoms with Crippen molar-refractivity contribution in [3.63, 3.8) is 0 Å². The van der Waals surface area contributed by atoms with Crippen molar-refractivity contribution in [1.82, 2.24) is 5.43 Å². The van der Waals surface area contributed by atoms with Gasteiger partial charge in [0.2, 0.25) is 0 Å². The minimum Gasteiger partial charge on any atom is -0.482 e. The molecule has 2 aromatic rings. The summed E-state index contributed by atoms with van der Waals surface area (Å²) in [6, 6.07) is 8.65. The highest BCUT2D eigenvalue weighted by Crippen LogP contribution is 2.27. The van der Waals surface area contributed by atoms with Crippen LogP contribution in [0.25, 0.3) is 0 Å². The molecule has 0 spiro atoms. The molecular weight excluding hydrogens is 331 g/mol. The molecule has 1 aromatic carbocycles. The Morgan fingerprint density at radius 2 is 2.19 bits per heavy atom. The molecule has 1 heterocycles. The Bertz CT molecular complexity index is 657. The molecule has 1 amide bonds. The van der Waals surface area contributed by atoms with Crippen molar-refractivity contribution in [2.75, 3.05) is 6.61 Å². The Morgan fingerprint density at radius 3 is 2.86 bits per heavy atom. The summed E-state index contributed by atoms with van der Waals surface area (Å²) >= 11 is 13.3. The van der Waals surface area contributed by atoms with Crippen molar-refractivity contribution >= 4 is 46.2 Å². The Balaban J connectivity index is 1.86. The maximum Gasteiger partial charge on any atom is 0.277 e. The number of carbonyl (C=O) groups is 1. The van der Waals surface area contributed by atoms with E-state index in [0.29, 0.717) is 15.8 Å². The zero-order valence-corrected chi connectivity index (χ0v) is 13.4. The largest absolute Gasteiger partial charge is 0.482 e. The van der Waals surface area contributed by atoms with E-state index in [1.54, 1.807) is 29.5 Å². The number of thiophene rings is 1. The molecule has 0 saturated carbocycles.